The molecular weight excluding hydrogens is 176 g/mol. The van der Waals surface area contributed by atoms with Crippen molar-refractivity contribution in [2.24, 2.45) is 0 Å². The molecule has 14 heavy (non-hydrogen) atoms. The fourth-order valence-electron chi connectivity index (χ4n) is 0.958. The van der Waals surface area contributed by atoms with Crippen LogP contribution in [0.5, 0.6) is 0 Å². The molecule has 0 aliphatic rings. The minimum atomic E-state index is -0.538. The second-order valence-electron chi connectivity index (χ2n) is 2.53. The van der Waals surface area contributed by atoms with E-state index >= 15 is 0 Å². The van der Waals surface area contributed by atoms with E-state index in [0.29, 0.717) is 0 Å². The number of esters is 1. The Balaban J connectivity index is 2.99. The van der Waals surface area contributed by atoms with Crippen LogP contribution in [0.4, 0.5) is 0 Å². The van der Waals surface area contributed by atoms with Crippen LogP contribution in [0.15, 0.2) is 30.8 Å². The molecule has 0 saturated carbocycles. The topological polar surface area (TPSA) is 26.3 Å². The number of hydrogen-bond donors (Lipinski definition) is 0. The number of methoxy groups -OCH3 is 1. The molecule has 0 aliphatic heterocycles. The van der Waals surface area contributed by atoms with Gasteiger partial charge in [-0.25, -0.2) is 4.79 Å². The van der Waals surface area contributed by atoms with Crippen LogP contribution in [0.25, 0.3) is 6.08 Å². The summed E-state index contributed by atoms with van der Waals surface area (Å²) >= 11 is 0. The van der Waals surface area contributed by atoms with Gasteiger partial charge in [-0.3, -0.25) is 0 Å². The standard InChI is InChI=1S/C12H10O2/c1-3-10-6-4-5-7-11(10)8-9-12(13)14-2/h3-7H,1H2,2H3. The predicted octanol–water partition coefficient (Wildman–Crippen LogP) is 1.85. The molecule has 0 fully saturated rings. The molecular formula is C12H10O2. The fraction of sp³-hybridized carbons (Fsp3) is 0.0833. The molecule has 1 aromatic carbocycles. The summed E-state index contributed by atoms with van der Waals surface area (Å²) in [6.45, 7) is 3.65. The maximum Gasteiger partial charge on any atom is 0.384 e. The molecule has 1 aromatic rings. The average Bonchev–Trinajstić information content (AvgIpc) is 2.26. The fourth-order valence-corrected chi connectivity index (χ4v) is 0.958. The number of hydrogen-bond acceptors (Lipinski definition) is 2. The molecule has 0 aliphatic carbocycles. The van der Waals surface area contributed by atoms with Crippen molar-refractivity contribution in [1.82, 2.24) is 0 Å². The number of carbonyl (C=O) groups excluding carboxylic acids is 1. The molecule has 2 nitrogen and oxygen atoms in total. The van der Waals surface area contributed by atoms with E-state index in [2.05, 4.69) is 23.2 Å². The van der Waals surface area contributed by atoms with Gasteiger partial charge in [0.25, 0.3) is 0 Å². The third-order valence-electron chi connectivity index (χ3n) is 1.67. The largest absolute Gasteiger partial charge is 0.459 e. The number of carbonyl (C=O) groups is 1. The zero-order chi connectivity index (χ0) is 10.4. The van der Waals surface area contributed by atoms with E-state index in [4.69, 9.17) is 0 Å². The maximum absolute atomic E-state index is 10.8. The molecule has 0 unspecified atom stereocenters. The summed E-state index contributed by atoms with van der Waals surface area (Å²) in [7, 11) is 1.30. The van der Waals surface area contributed by atoms with Crippen LogP contribution in [-0.4, -0.2) is 13.1 Å². The number of ether oxygens (including phenoxy) is 1. The predicted molar refractivity (Wildman–Crippen MR) is 55.4 cm³/mol. The van der Waals surface area contributed by atoms with Crippen LogP contribution in [0, 0.1) is 11.8 Å². The zero-order valence-electron chi connectivity index (χ0n) is 7.91. The van der Waals surface area contributed by atoms with Crippen molar-refractivity contribution >= 4 is 12.0 Å². The van der Waals surface area contributed by atoms with Gasteiger partial charge in [0.2, 0.25) is 0 Å². The number of benzene rings is 1. The summed E-state index contributed by atoms with van der Waals surface area (Å²) in [5, 5.41) is 0. The normalized spacial score (nSPS) is 8.36. The Morgan fingerprint density at radius 1 is 1.50 bits per heavy atom. The average molecular weight is 186 g/mol. The SMILES string of the molecule is C=Cc1ccccc1C#CC(=O)OC. The third-order valence-corrected chi connectivity index (χ3v) is 1.67. The summed E-state index contributed by atoms with van der Waals surface area (Å²) in [6, 6.07) is 7.45. The first kappa shape index (κ1) is 10.1. The Labute approximate surface area is 83.2 Å². The van der Waals surface area contributed by atoms with E-state index in [1.165, 1.54) is 7.11 Å². The van der Waals surface area contributed by atoms with Gasteiger partial charge in [-0.1, -0.05) is 36.8 Å². The lowest BCUT2D eigenvalue weighted by atomic mass is 10.1. The first-order chi connectivity index (χ1) is 6.77. The smallest absolute Gasteiger partial charge is 0.384 e. The van der Waals surface area contributed by atoms with Gasteiger partial charge in [0, 0.05) is 11.5 Å². The highest BCUT2D eigenvalue weighted by Gasteiger charge is 1.94. The molecule has 70 valence electrons. The Hall–Kier alpha value is -2.01. The molecule has 0 spiro atoms. The minimum absolute atomic E-state index is 0.538. The van der Waals surface area contributed by atoms with Gasteiger partial charge in [-0.15, -0.1) is 0 Å². The summed E-state index contributed by atoms with van der Waals surface area (Å²) in [4.78, 5) is 10.8. The van der Waals surface area contributed by atoms with Crippen molar-refractivity contribution in [3.8, 4) is 11.8 Å². The summed E-state index contributed by atoms with van der Waals surface area (Å²) in [5.74, 6) is 4.55. The molecule has 0 atom stereocenters. The van der Waals surface area contributed by atoms with Crippen molar-refractivity contribution in [2.75, 3.05) is 7.11 Å². The van der Waals surface area contributed by atoms with Crippen molar-refractivity contribution in [3.63, 3.8) is 0 Å². The van der Waals surface area contributed by atoms with Crippen LogP contribution in [0.2, 0.25) is 0 Å². The van der Waals surface area contributed by atoms with Gasteiger partial charge in [-0.05, 0) is 11.6 Å². The van der Waals surface area contributed by atoms with Crippen LogP contribution in [0.3, 0.4) is 0 Å². The Morgan fingerprint density at radius 3 is 2.86 bits per heavy atom. The molecule has 0 saturated heterocycles. The molecule has 0 amide bonds. The summed E-state index contributed by atoms with van der Waals surface area (Å²) < 4.78 is 4.41. The van der Waals surface area contributed by atoms with E-state index < -0.39 is 5.97 Å². The lowest BCUT2D eigenvalue weighted by Crippen LogP contribution is -1.94. The quantitative estimate of drug-likeness (QED) is 0.494. The highest BCUT2D eigenvalue weighted by molar-refractivity contribution is 5.89. The van der Waals surface area contributed by atoms with Crippen molar-refractivity contribution < 1.29 is 9.53 Å². The van der Waals surface area contributed by atoms with Gasteiger partial charge in [0.05, 0.1) is 7.11 Å². The first-order valence-electron chi connectivity index (χ1n) is 4.09. The first-order valence-corrected chi connectivity index (χ1v) is 4.09. The van der Waals surface area contributed by atoms with Crippen LogP contribution in [0.1, 0.15) is 11.1 Å². The lowest BCUT2D eigenvalue weighted by Gasteiger charge is -1.95. The molecule has 0 heterocycles. The monoisotopic (exact) mass is 186 g/mol. The third kappa shape index (κ3) is 2.49. The van der Waals surface area contributed by atoms with Gasteiger partial charge in [0.1, 0.15) is 0 Å². The molecule has 0 radical (unpaired) electrons. The lowest BCUT2D eigenvalue weighted by molar-refractivity contribution is -0.133. The molecule has 2 heteroatoms. The van der Waals surface area contributed by atoms with E-state index in [1.54, 1.807) is 6.08 Å². The summed E-state index contributed by atoms with van der Waals surface area (Å²) in [6.07, 6.45) is 1.70. The highest BCUT2D eigenvalue weighted by Crippen LogP contribution is 2.07. The van der Waals surface area contributed by atoms with E-state index in [-0.39, 0.29) is 0 Å². The van der Waals surface area contributed by atoms with Gasteiger partial charge in [-0.2, -0.15) is 0 Å². The molecule has 0 N–H and O–H groups in total. The molecule has 0 bridgehead atoms. The second kappa shape index (κ2) is 4.88. The van der Waals surface area contributed by atoms with Gasteiger partial charge in [0.15, 0.2) is 0 Å². The van der Waals surface area contributed by atoms with Gasteiger partial charge < -0.3 is 4.74 Å². The number of rotatable bonds is 1. The van der Waals surface area contributed by atoms with Gasteiger partial charge >= 0.3 is 5.97 Å². The second-order valence-corrected chi connectivity index (χ2v) is 2.53. The van der Waals surface area contributed by atoms with Crippen molar-refractivity contribution in [2.45, 2.75) is 0 Å². The highest BCUT2D eigenvalue weighted by atomic mass is 16.5. The Morgan fingerprint density at radius 2 is 2.21 bits per heavy atom. The molecule has 0 aromatic heterocycles. The van der Waals surface area contributed by atoms with Crippen LogP contribution < -0.4 is 0 Å². The van der Waals surface area contributed by atoms with Crippen LogP contribution in [-0.2, 0) is 9.53 Å². The van der Waals surface area contributed by atoms with Crippen LogP contribution >= 0.6 is 0 Å². The zero-order valence-corrected chi connectivity index (χ0v) is 7.91. The van der Waals surface area contributed by atoms with E-state index in [9.17, 15) is 4.79 Å². The van der Waals surface area contributed by atoms with E-state index in [1.807, 2.05) is 24.3 Å². The maximum atomic E-state index is 10.8. The summed E-state index contributed by atoms with van der Waals surface area (Å²) in [5.41, 5.74) is 1.68. The Bertz CT molecular complexity index is 408. The minimum Gasteiger partial charge on any atom is -0.459 e. The molecule has 1 rings (SSSR count). The van der Waals surface area contributed by atoms with E-state index in [0.717, 1.165) is 11.1 Å². The van der Waals surface area contributed by atoms with Crippen molar-refractivity contribution in [1.29, 1.82) is 0 Å². The Kier molecular flexibility index (Phi) is 3.51. The van der Waals surface area contributed by atoms with Crippen molar-refractivity contribution in [3.05, 3.63) is 42.0 Å².